The molecule has 0 unspecified atom stereocenters. The van der Waals surface area contributed by atoms with E-state index in [1.165, 1.54) is 13.2 Å². The third-order valence-corrected chi connectivity index (χ3v) is 2.65. The summed E-state index contributed by atoms with van der Waals surface area (Å²) in [6.07, 6.45) is 3.21. The van der Waals surface area contributed by atoms with Crippen molar-refractivity contribution in [2.24, 2.45) is 0 Å². The predicted octanol–water partition coefficient (Wildman–Crippen LogP) is 1.87. The molecule has 7 heteroatoms. The molecule has 2 aromatic rings. The van der Waals surface area contributed by atoms with Gasteiger partial charge >= 0.3 is 11.9 Å². The van der Waals surface area contributed by atoms with Crippen molar-refractivity contribution in [3.63, 3.8) is 0 Å². The monoisotopic (exact) mass is 320 g/mol. The van der Waals surface area contributed by atoms with Gasteiger partial charge < -0.3 is 14.9 Å². The third kappa shape index (κ3) is 6.66. The van der Waals surface area contributed by atoms with Crippen LogP contribution in [0.4, 0.5) is 0 Å². The minimum Gasteiger partial charge on any atom is -0.478 e. The van der Waals surface area contributed by atoms with E-state index in [1.54, 1.807) is 44.4 Å². The lowest BCUT2D eigenvalue weighted by Gasteiger charge is -2.00. The first-order valence-corrected chi connectivity index (χ1v) is 6.57. The number of nitrogens with zero attached hydrogens (tertiary/aromatic N) is 2. The van der Waals surface area contributed by atoms with E-state index in [2.05, 4.69) is 14.7 Å². The van der Waals surface area contributed by atoms with Crippen molar-refractivity contribution in [2.45, 2.75) is 13.8 Å². The van der Waals surface area contributed by atoms with Crippen molar-refractivity contribution in [2.75, 3.05) is 14.2 Å². The molecule has 23 heavy (non-hydrogen) atoms. The van der Waals surface area contributed by atoms with Gasteiger partial charge in [-0.1, -0.05) is 0 Å². The van der Waals surface area contributed by atoms with Crippen molar-refractivity contribution >= 4 is 11.9 Å². The van der Waals surface area contributed by atoms with Crippen LogP contribution in [0.1, 0.15) is 32.1 Å². The Balaban J connectivity index is 0.000000381. The Morgan fingerprint density at radius 3 is 1.70 bits per heavy atom. The second-order valence-electron chi connectivity index (χ2n) is 4.07. The summed E-state index contributed by atoms with van der Waals surface area (Å²) >= 11 is 0. The SMILES string of the molecule is CO.COC(=O)c1cccnc1C.Cc1ncccc1C(=O)O. The van der Waals surface area contributed by atoms with E-state index >= 15 is 0 Å². The molecule has 0 saturated heterocycles. The third-order valence-electron chi connectivity index (χ3n) is 2.65. The number of hydrogen-bond donors (Lipinski definition) is 2. The Morgan fingerprint density at radius 1 is 0.957 bits per heavy atom. The van der Waals surface area contributed by atoms with Gasteiger partial charge in [-0.25, -0.2) is 9.59 Å². The first-order chi connectivity index (χ1) is 11.0. The van der Waals surface area contributed by atoms with Gasteiger partial charge in [-0.05, 0) is 38.1 Å². The molecule has 0 saturated carbocycles. The maximum atomic E-state index is 11.0. The van der Waals surface area contributed by atoms with E-state index in [9.17, 15) is 9.59 Å². The van der Waals surface area contributed by atoms with E-state index in [0.29, 0.717) is 17.0 Å². The minimum atomic E-state index is -0.925. The molecule has 0 amide bonds. The molecule has 0 aliphatic rings. The standard InChI is InChI=1S/C8H9NO2.C7H7NO2.CH4O/c1-6-7(8(10)11-2)4-3-5-9-6;1-5-6(7(9)10)3-2-4-8-5;1-2/h3-5H,1-2H3;2-4H,1H3,(H,9,10);2H,1H3. The average Bonchev–Trinajstić information content (AvgIpc) is 2.57. The number of aromatic nitrogens is 2. The highest BCUT2D eigenvalue weighted by molar-refractivity contribution is 5.90. The van der Waals surface area contributed by atoms with E-state index < -0.39 is 5.97 Å². The molecule has 0 radical (unpaired) electrons. The number of aliphatic hydroxyl groups excluding tert-OH is 1. The number of methoxy groups -OCH3 is 1. The van der Waals surface area contributed by atoms with Crippen molar-refractivity contribution in [1.29, 1.82) is 0 Å². The minimum absolute atomic E-state index is 0.266. The number of esters is 1. The topological polar surface area (TPSA) is 110 Å². The van der Waals surface area contributed by atoms with E-state index in [1.807, 2.05) is 0 Å². The smallest absolute Gasteiger partial charge is 0.339 e. The van der Waals surface area contributed by atoms with Gasteiger partial charge in [0.2, 0.25) is 0 Å². The van der Waals surface area contributed by atoms with Crippen LogP contribution >= 0.6 is 0 Å². The molecule has 0 spiro atoms. The summed E-state index contributed by atoms with van der Waals surface area (Å²) < 4.78 is 4.54. The largest absolute Gasteiger partial charge is 0.478 e. The summed E-state index contributed by atoms with van der Waals surface area (Å²) in [5.41, 5.74) is 2.03. The van der Waals surface area contributed by atoms with Crippen LogP contribution in [0.25, 0.3) is 0 Å². The second kappa shape index (κ2) is 10.9. The maximum Gasteiger partial charge on any atom is 0.339 e. The van der Waals surface area contributed by atoms with Gasteiger partial charge in [-0.15, -0.1) is 0 Å². The van der Waals surface area contributed by atoms with Crippen LogP contribution < -0.4 is 0 Å². The van der Waals surface area contributed by atoms with Gasteiger partial charge in [0.1, 0.15) is 0 Å². The fourth-order valence-electron chi connectivity index (χ4n) is 1.52. The highest BCUT2D eigenvalue weighted by Crippen LogP contribution is 2.04. The summed E-state index contributed by atoms with van der Waals surface area (Å²) in [4.78, 5) is 29.1. The zero-order valence-electron chi connectivity index (χ0n) is 13.5. The number of pyridine rings is 2. The molecular weight excluding hydrogens is 300 g/mol. The zero-order chi connectivity index (χ0) is 17.8. The predicted molar refractivity (Wildman–Crippen MR) is 84.4 cm³/mol. The van der Waals surface area contributed by atoms with Crippen LogP contribution in [0.2, 0.25) is 0 Å². The van der Waals surface area contributed by atoms with Gasteiger partial charge in [0.15, 0.2) is 0 Å². The maximum absolute atomic E-state index is 11.0. The van der Waals surface area contributed by atoms with Crippen molar-refractivity contribution in [1.82, 2.24) is 9.97 Å². The van der Waals surface area contributed by atoms with Crippen LogP contribution in [0.15, 0.2) is 36.7 Å². The quantitative estimate of drug-likeness (QED) is 0.813. The van der Waals surface area contributed by atoms with Gasteiger partial charge in [-0.3, -0.25) is 9.97 Å². The lowest BCUT2D eigenvalue weighted by molar-refractivity contribution is 0.0598. The van der Waals surface area contributed by atoms with Crippen molar-refractivity contribution < 1.29 is 24.5 Å². The van der Waals surface area contributed by atoms with Gasteiger partial charge in [-0.2, -0.15) is 0 Å². The highest BCUT2D eigenvalue weighted by atomic mass is 16.5. The van der Waals surface area contributed by atoms with Gasteiger partial charge in [0.05, 0.1) is 29.6 Å². The fraction of sp³-hybridized carbons (Fsp3) is 0.250. The van der Waals surface area contributed by atoms with Gasteiger partial charge in [0, 0.05) is 19.5 Å². The van der Waals surface area contributed by atoms with Crippen LogP contribution in [0, 0.1) is 13.8 Å². The Kier molecular flexibility index (Phi) is 9.54. The number of carbonyl (C=O) groups is 2. The molecule has 0 atom stereocenters. The molecule has 0 fully saturated rings. The molecule has 124 valence electrons. The molecule has 2 N–H and O–H groups in total. The van der Waals surface area contributed by atoms with E-state index in [4.69, 9.17) is 10.2 Å². The molecule has 0 aromatic carbocycles. The summed E-state index contributed by atoms with van der Waals surface area (Å²) in [7, 11) is 2.36. The Labute approximate surface area is 134 Å². The van der Waals surface area contributed by atoms with Crippen molar-refractivity contribution in [3.05, 3.63) is 59.2 Å². The fourth-order valence-corrected chi connectivity index (χ4v) is 1.52. The number of aromatic carboxylic acids is 1. The lowest BCUT2D eigenvalue weighted by Crippen LogP contribution is -2.04. The Bertz CT molecular complexity index is 644. The average molecular weight is 320 g/mol. The summed E-state index contributed by atoms with van der Waals surface area (Å²) in [6, 6.07) is 6.54. The van der Waals surface area contributed by atoms with E-state index in [0.717, 1.165) is 7.11 Å². The van der Waals surface area contributed by atoms with Gasteiger partial charge in [0.25, 0.3) is 0 Å². The number of ether oxygens (including phenoxy) is 1. The molecule has 2 aromatic heterocycles. The molecular formula is C16H20N2O5. The van der Waals surface area contributed by atoms with Crippen LogP contribution in [0.5, 0.6) is 0 Å². The molecule has 2 rings (SSSR count). The molecule has 2 heterocycles. The Hall–Kier alpha value is -2.80. The normalized spacial score (nSPS) is 8.74. The molecule has 7 nitrogen and oxygen atoms in total. The number of aliphatic hydroxyl groups is 1. The summed E-state index contributed by atoms with van der Waals surface area (Å²) in [5.74, 6) is -1.26. The number of carbonyl (C=O) groups excluding carboxylic acids is 1. The zero-order valence-corrected chi connectivity index (χ0v) is 13.5. The van der Waals surface area contributed by atoms with Crippen LogP contribution in [-0.2, 0) is 4.74 Å². The Morgan fingerprint density at radius 2 is 1.39 bits per heavy atom. The molecule has 0 aliphatic carbocycles. The van der Waals surface area contributed by atoms with Crippen LogP contribution in [-0.4, -0.2) is 46.3 Å². The summed E-state index contributed by atoms with van der Waals surface area (Å²) in [5, 5.41) is 15.5. The number of carboxylic acids is 1. The number of carboxylic acid groups (broad SMARTS) is 1. The number of hydrogen-bond acceptors (Lipinski definition) is 6. The van der Waals surface area contributed by atoms with Crippen LogP contribution in [0.3, 0.4) is 0 Å². The lowest BCUT2D eigenvalue weighted by atomic mass is 10.2. The first kappa shape index (κ1) is 20.2. The summed E-state index contributed by atoms with van der Waals surface area (Å²) in [6.45, 7) is 3.44. The molecule has 0 bridgehead atoms. The highest BCUT2D eigenvalue weighted by Gasteiger charge is 2.07. The number of aryl methyl sites for hydroxylation is 2. The number of rotatable bonds is 2. The first-order valence-electron chi connectivity index (χ1n) is 6.57. The van der Waals surface area contributed by atoms with Crippen molar-refractivity contribution in [3.8, 4) is 0 Å². The molecule has 0 aliphatic heterocycles. The second-order valence-corrected chi connectivity index (χ2v) is 4.07. The van der Waals surface area contributed by atoms with E-state index in [-0.39, 0.29) is 11.5 Å².